The smallest absolute Gasteiger partial charge is 0.0736 e. The summed E-state index contributed by atoms with van der Waals surface area (Å²) in [5, 5.41) is 2.46. The highest BCUT2D eigenvalue weighted by Gasteiger charge is 2.53. The van der Waals surface area contributed by atoms with E-state index in [1.165, 1.54) is 121 Å². The molecule has 0 radical (unpaired) electrons. The van der Waals surface area contributed by atoms with Crippen LogP contribution in [0.3, 0.4) is 0 Å². The van der Waals surface area contributed by atoms with Crippen molar-refractivity contribution in [2.24, 2.45) is 0 Å². The van der Waals surface area contributed by atoms with Crippen LogP contribution >= 0.6 is 11.8 Å². The van der Waals surface area contributed by atoms with Crippen molar-refractivity contribution in [1.29, 1.82) is 0 Å². The first kappa shape index (κ1) is 45.2. The molecule has 1 nitrogen and oxygen atoms in total. The molecule has 0 amide bonds. The molecule has 15 rings (SSSR count). The fourth-order valence-corrected chi connectivity index (χ4v) is 15.2. The highest BCUT2D eigenvalue weighted by Crippen LogP contribution is 2.66. The quantitative estimate of drug-likeness (QED) is 0.173. The number of rotatable bonds is 4. The van der Waals surface area contributed by atoms with Crippen LogP contribution < -0.4 is 4.90 Å². The molecule has 0 atom stereocenters. The maximum Gasteiger partial charge on any atom is 0.0736 e. The van der Waals surface area contributed by atoms with Gasteiger partial charge in [0, 0.05) is 26.7 Å². The topological polar surface area (TPSA) is 3.24 Å². The first-order valence-corrected chi connectivity index (χ1v) is 27.8. The Morgan fingerprint density at radius 2 is 0.684 bits per heavy atom. The van der Waals surface area contributed by atoms with Gasteiger partial charge in [0.25, 0.3) is 0 Å². The minimum atomic E-state index is -0.595. The third-order valence-electron chi connectivity index (χ3n) is 17.5. The SMILES string of the molecule is CC(C)(C)c1ccc2c(c1)C1(c3cc(C(C)(C)C)ccc3S2)c2ccccc2-c2ccc(N(c3ccc4c(c3)C3(c5ccccc5-c5ccccc53)c3ccccc3-4)c3ccccc3-c3cccc4ccccc34)cc21. The van der Waals surface area contributed by atoms with E-state index in [9.17, 15) is 0 Å². The minimum Gasteiger partial charge on any atom is -0.310 e. The maximum atomic E-state index is 2.59. The van der Waals surface area contributed by atoms with Crippen LogP contribution in [-0.2, 0) is 21.7 Å². The van der Waals surface area contributed by atoms with Crippen molar-refractivity contribution < 1.29 is 0 Å². The van der Waals surface area contributed by atoms with E-state index in [2.05, 4.69) is 283 Å². The van der Waals surface area contributed by atoms with E-state index in [1.54, 1.807) is 0 Å². The number of anilines is 3. The lowest BCUT2D eigenvalue weighted by molar-refractivity contribution is 0.581. The normalized spacial score (nSPS) is 14.6. The molecular formula is C74H57NS. The van der Waals surface area contributed by atoms with E-state index in [-0.39, 0.29) is 10.8 Å². The molecule has 0 N–H and O–H groups in total. The summed E-state index contributed by atoms with van der Waals surface area (Å²) in [6.07, 6.45) is 0. The van der Waals surface area contributed by atoms with Crippen molar-refractivity contribution >= 4 is 39.6 Å². The van der Waals surface area contributed by atoms with E-state index in [4.69, 9.17) is 0 Å². The van der Waals surface area contributed by atoms with Crippen molar-refractivity contribution in [2.75, 3.05) is 4.90 Å². The number of para-hydroxylation sites is 1. The average Bonchev–Trinajstić information content (AvgIpc) is 4.23. The van der Waals surface area contributed by atoms with Crippen LogP contribution in [0.1, 0.15) is 97.2 Å². The fraction of sp³-hybridized carbons (Fsp3) is 0.135. The van der Waals surface area contributed by atoms with E-state index < -0.39 is 10.8 Å². The van der Waals surface area contributed by atoms with Gasteiger partial charge < -0.3 is 4.90 Å². The van der Waals surface area contributed by atoms with Gasteiger partial charge >= 0.3 is 0 Å². The Bertz CT molecular complexity index is 4120. The summed E-state index contributed by atoms with van der Waals surface area (Å²) in [5.41, 5.74) is 25.8. The molecule has 2 spiro atoms. The second-order valence-electron chi connectivity index (χ2n) is 23.5. The molecule has 2 heteroatoms. The molecule has 1 aliphatic heterocycles. The number of hydrogen-bond acceptors (Lipinski definition) is 2. The molecule has 3 aliphatic carbocycles. The molecule has 76 heavy (non-hydrogen) atoms. The highest BCUT2D eigenvalue weighted by atomic mass is 32.2. The molecule has 0 saturated heterocycles. The van der Waals surface area contributed by atoms with Gasteiger partial charge in [-0.3, -0.25) is 0 Å². The Balaban J connectivity index is 1.05. The van der Waals surface area contributed by atoms with Crippen molar-refractivity contribution in [3.63, 3.8) is 0 Å². The van der Waals surface area contributed by atoms with Crippen molar-refractivity contribution in [1.82, 2.24) is 0 Å². The average molecular weight is 992 g/mol. The van der Waals surface area contributed by atoms with Gasteiger partial charge in [-0.15, -0.1) is 0 Å². The molecular weight excluding hydrogens is 935 g/mol. The maximum absolute atomic E-state index is 2.59. The summed E-state index contributed by atoms with van der Waals surface area (Å²) in [5.74, 6) is 0. The Hall–Kier alpha value is -8.17. The molecule has 0 bridgehead atoms. The van der Waals surface area contributed by atoms with Crippen LogP contribution in [0, 0.1) is 0 Å². The molecule has 11 aromatic carbocycles. The first-order chi connectivity index (χ1) is 37.0. The van der Waals surface area contributed by atoms with Crippen LogP contribution in [0.5, 0.6) is 0 Å². The Kier molecular flexibility index (Phi) is 9.63. The van der Waals surface area contributed by atoms with Gasteiger partial charge in [0.05, 0.1) is 16.5 Å². The van der Waals surface area contributed by atoms with Gasteiger partial charge in [-0.1, -0.05) is 247 Å². The highest BCUT2D eigenvalue weighted by molar-refractivity contribution is 7.99. The third kappa shape index (κ3) is 6.17. The van der Waals surface area contributed by atoms with Crippen molar-refractivity contribution in [2.45, 2.75) is 73.0 Å². The molecule has 0 saturated carbocycles. The number of fused-ring (bicyclic) bond motifs is 20. The van der Waals surface area contributed by atoms with Gasteiger partial charge in [-0.2, -0.15) is 0 Å². The molecule has 0 unspecified atom stereocenters. The number of nitrogens with zero attached hydrogens (tertiary/aromatic N) is 1. The lowest BCUT2D eigenvalue weighted by Crippen LogP contribution is -2.33. The van der Waals surface area contributed by atoms with Crippen LogP contribution in [0.15, 0.2) is 246 Å². The summed E-state index contributed by atoms with van der Waals surface area (Å²) >= 11 is 1.93. The summed E-state index contributed by atoms with van der Waals surface area (Å²) < 4.78 is 0. The second kappa shape index (κ2) is 16.2. The zero-order valence-corrected chi connectivity index (χ0v) is 44.7. The molecule has 11 aromatic rings. The van der Waals surface area contributed by atoms with Gasteiger partial charge in [0.2, 0.25) is 0 Å². The zero-order valence-electron chi connectivity index (χ0n) is 43.9. The summed E-state index contributed by atoms with van der Waals surface area (Å²) in [6.45, 7) is 14.1. The Morgan fingerprint density at radius 3 is 1.17 bits per heavy atom. The van der Waals surface area contributed by atoms with E-state index >= 15 is 0 Å². The summed E-state index contributed by atoms with van der Waals surface area (Å²) in [4.78, 5) is 5.22. The summed E-state index contributed by atoms with van der Waals surface area (Å²) in [7, 11) is 0. The fourth-order valence-electron chi connectivity index (χ4n) is 14.0. The van der Waals surface area contributed by atoms with Crippen molar-refractivity contribution in [3.8, 4) is 44.5 Å². The largest absolute Gasteiger partial charge is 0.310 e. The van der Waals surface area contributed by atoms with Gasteiger partial charge in [0.15, 0.2) is 0 Å². The monoisotopic (exact) mass is 991 g/mol. The summed E-state index contributed by atoms with van der Waals surface area (Å²) in [6, 6.07) is 91.0. The number of hydrogen-bond donors (Lipinski definition) is 0. The third-order valence-corrected chi connectivity index (χ3v) is 18.6. The minimum absolute atomic E-state index is 0.0513. The van der Waals surface area contributed by atoms with E-state index in [1.807, 2.05) is 11.8 Å². The van der Waals surface area contributed by atoms with Crippen LogP contribution in [0.25, 0.3) is 55.3 Å². The first-order valence-electron chi connectivity index (χ1n) is 27.0. The number of benzene rings is 11. The molecule has 0 aromatic heterocycles. The standard InChI is InChI=1S/C74H57NS/c1-71(2,3)47-34-40-69-66(42-47)74(67-43-48(72(4,5)6)35-41-70(67)76-69)63-32-17-12-26-56(63)58-39-37-50(45-65(58)74)75(68-33-18-13-27-59(68)52-28-19-21-46-20-7-8-22-51(46)52)49-36-38-57-55-25-11-16-31-62(55)73(64(57)44-49)60-29-14-9-23-53(60)54-24-10-15-30-61(54)73/h7-45H,1-6H3. The Morgan fingerprint density at radius 1 is 0.303 bits per heavy atom. The second-order valence-corrected chi connectivity index (χ2v) is 24.6. The van der Waals surface area contributed by atoms with Crippen molar-refractivity contribution in [3.05, 3.63) is 292 Å². The lowest BCUT2D eigenvalue weighted by atomic mass is 9.65. The van der Waals surface area contributed by atoms with Crippen LogP contribution in [0.4, 0.5) is 17.1 Å². The molecule has 364 valence electrons. The van der Waals surface area contributed by atoms with Crippen LogP contribution in [-0.4, -0.2) is 0 Å². The van der Waals surface area contributed by atoms with E-state index in [0.717, 1.165) is 17.1 Å². The predicted octanol–water partition coefficient (Wildman–Crippen LogP) is 19.7. The molecule has 0 fully saturated rings. The predicted molar refractivity (Wildman–Crippen MR) is 319 cm³/mol. The van der Waals surface area contributed by atoms with E-state index in [0.29, 0.717) is 0 Å². The van der Waals surface area contributed by atoms with Gasteiger partial charge in [0.1, 0.15) is 0 Å². The lowest BCUT2D eigenvalue weighted by Gasteiger charge is -2.41. The van der Waals surface area contributed by atoms with Crippen LogP contribution in [0.2, 0.25) is 0 Å². The zero-order chi connectivity index (χ0) is 51.3. The molecule has 1 heterocycles. The van der Waals surface area contributed by atoms with Gasteiger partial charge in [-0.05, 0) is 159 Å². The van der Waals surface area contributed by atoms with Gasteiger partial charge in [-0.25, -0.2) is 0 Å². The Labute approximate surface area is 451 Å². The molecule has 4 aliphatic rings.